The molecule has 25 heavy (non-hydrogen) atoms. The summed E-state index contributed by atoms with van der Waals surface area (Å²) in [6.07, 6.45) is 5.90. The van der Waals surface area contributed by atoms with E-state index in [1.165, 1.54) is 12.1 Å². The summed E-state index contributed by atoms with van der Waals surface area (Å²) >= 11 is 0. The number of rotatable bonds is 3. The lowest BCUT2D eigenvalue weighted by molar-refractivity contribution is 0.0728. The van der Waals surface area contributed by atoms with E-state index >= 15 is 0 Å². The Morgan fingerprint density at radius 1 is 1.24 bits per heavy atom. The minimum atomic E-state index is -0.258. The van der Waals surface area contributed by atoms with Crippen molar-refractivity contribution < 1.29 is 9.18 Å². The number of hydrogen-bond acceptors (Lipinski definition) is 3. The fraction of sp³-hybridized carbons (Fsp3) is 0.474. The average Bonchev–Trinajstić information content (AvgIpc) is 3.32. The molecule has 0 saturated carbocycles. The fourth-order valence-corrected chi connectivity index (χ4v) is 3.93. The van der Waals surface area contributed by atoms with Crippen LogP contribution in [0.4, 0.5) is 4.39 Å². The monoisotopic (exact) mass is 342 g/mol. The zero-order valence-corrected chi connectivity index (χ0v) is 14.2. The smallest absolute Gasteiger partial charge is 0.274 e. The maximum absolute atomic E-state index is 13.6. The highest BCUT2D eigenvalue weighted by molar-refractivity contribution is 5.92. The molecular formula is C19H23FN4O. The molecule has 1 aromatic carbocycles. The first-order valence-electron chi connectivity index (χ1n) is 9.05. The van der Waals surface area contributed by atoms with Gasteiger partial charge in [-0.05, 0) is 56.0 Å². The predicted octanol–water partition coefficient (Wildman–Crippen LogP) is 2.92. The Labute approximate surface area is 146 Å². The first kappa shape index (κ1) is 16.3. The van der Waals surface area contributed by atoms with Crippen LogP contribution in [-0.2, 0) is 0 Å². The van der Waals surface area contributed by atoms with Crippen LogP contribution in [0.2, 0.25) is 0 Å². The van der Waals surface area contributed by atoms with Crippen molar-refractivity contribution in [2.75, 3.05) is 19.6 Å². The molecule has 4 rings (SSSR count). The van der Waals surface area contributed by atoms with Crippen LogP contribution < -0.4 is 5.32 Å². The number of piperidine rings is 1. The van der Waals surface area contributed by atoms with Crippen LogP contribution in [-0.4, -0.2) is 40.2 Å². The molecule has 1 aromatic heterocycles. The third-order valence-corrected chi connectivity index (χ3v) is 5.22. The van der Waals surface area contributed by atoms with Crippen LogP contribution >= 0.6 is 0 Å². The quantitative estimate of drug-likeness (QED) is 0.933. The van der Waals surface area contributed by atoms with Crippen molar-refractivity contribution >= 4 is 5.91 Å². The molecular weight excluding hydrogens is 319 g/mol. The molecule has 2 unspecified atom stereocenters. The zero-order valence-electron chi connectivity index (χ0n) is 14.2. The van der Waals surface area contributed by atoms with Gasteiger partial charge in [-0.1, -0.05) is 12.1 Å². The van der Waals surface area contributed by atoms with E-state index in [1.807, 2.05) is 21.8 Å². The standard InChI is InChI=1S/C19H23FN4O/c20-15-5-1-4-14(12-15)18-7-3-10-23(18)19(25)17-8-11-24(22-17)16-6-2-9-21-13-16/h1,4-5,8,11-12,16,18,21H,2-3,6-7,9-10,13H2. The fourth-order valence-electron chi connectivity index (χ4n) is 3.93. The largest absolute Gasteiger partial charge is 0.330 e. The minimum Gasteiger partial charge on any atom is -0.330 e. The maximum Gasteiger partial charge on any atom is 0.274 e. The van der Waals surface area contributed by atoms with E-state index in [0.717, 1.165) is 44.3 Å². The van der Waals surface area contributed by atoms with Gasteiger partial charge in [-0.2, -0.15) is 5.10 Å². The highest BCUT2D eigenvalue weighted by Crippen LogP contribution is 2.33. The van der Waals surface area contributed by atoms with Gasteiger partial charge < -0.3 is 10.2 Å². The van der Waals surface area contributed by atoms with Gasteiger partial charge in [0, 0.05) is 19.3 Å². The van der Waals surface area contributed by atoms with Gasteiger partial charge in [0.15, 0.2) is 0 Å². The topological polar surface area (TPSA) is 50.2 Å². The Kier molecular flexibility index (Phi) is 4.53. The number of nitrogens with one attached hydrogen (secondary N) is 1. The molecule has 0 radical (unpaired) electrons. The van der Waals surface area contributed by atoms with Gasteiger partial charge in [-0.3, -0.25) is 9.48 Å². The zero-order chi connectivity index (χ0) is 17.2. The van der Waals surface area contributed by atoms with E-state index in [1.54, 1.807) is 12.1 Å². The van der Waals surface area contributed by atoms with E-state index in [-0.39, 0.29) is 17.8 Å². The first-order chi connectivity index (χ1) is 12.2. The average molecular weight is 342 g/mol. The number of benzene rings is 1. The summed E-state index contributed by atoms with van der Waals surface area (Å²) in [5, 5.41) is 7.90. The van der Waals surface area contributed by atoms with Crippen molar-refractivity contribution in [3.63, 3.8) is 0 Å². The molecule has 0 bridgehead atoms. The lowest BCUT2D eigenvalue weighted by Crippen LogP contribution is -2.33. The lowest BCUT2D eigenvalue weighted by atomic mass is 10.0. The molecule has 2 atom stereocenters. The Bertz CT molecular complexity index is 753. The van der Waals surface area contributed by atoms with Crippen LogP contribution in [0.1, 0.15) is 53.8 Å². The van der Waals surface area contributed by atoms with E-state index in [2.05, 4.69) is 10.4 Å². The van der Waals surface area contributed by atoms with Crippen LogP contribution in [0.5, 0.6) is 0 Å². The summed E-state index contributed by atoms with van der Waals surface area (Å²) in [6, 6.07) is 8.62. The summed E-state index contributed by atoms with van der Waals surface area (Å²) in [7, 11) is 0. The molecule has 2 saturated heterocycles. The van der Waals surface area contributed by atoms with Crippen LogP contribution in [0.25, 0.3) is 0 Å². The maximum atomic E-state index is 13.6. The summed E-state index contributed by atoms with van der Waals surface area (Å²) in [6.45, 7) is 2.63. The Morgan fingerprint density at radius 2 is 2.16 bits per heavy atom. The van der Waals surface area contributed by atoms with Crippen molar-refractivity contribution in [1.29, 1.82) is 0 Å². The van der Waals surface area contributed by atoms with Gasteiger partial charge in [0.25, 0.3) is 5.91 Å². The Balaban J connectivity index is 1.52. The minimum absolute atomic E-state index is 0.0609. The molecule has 6 heteroatoms. The predicted molar refractivity (Wildman–Crippen MR) is 92.8 cm³/mol. The number of halogens is 1. The SMILES string of the molecule is O=C(c1ccn(C2CCCNC2)n1)N1CCCC1c1cccc(F)c1. The molecule has 0 spiro atoms. The lowest BCUT2D eigenvalue weighted by Gasteiger charge is -2.25. The second kappa shape index (κ2) is 6.96. The molecule has 3 heterocycles. The molecule has 1 N–H and O–H groups in total. The summed E-state index contributed by atoms with van der Waals surface area (Å²) in [5.74, 6) is -0.319. The molecule has 2 aliphatic rings. The second-order valence-corrected chi connectivity index (χ2v) is 6.89. The summed E-state index contributed by atoms with van der Waals surface area (Å²) < 4.78 is 15.5. The van der Waals surface area contributed by atoms with Crippen LogP contribution in [0.15, 0.2) is 36.5 Å². The van der Waals surface area contributed by atoms with E-state index < -0.39 is 0 Å². The highest BCUT2D eigenvalue weighted by Gasteiger charge is 2.32. The number of aromatic nitrogens is 2. The van der Waals surface area contributed by atoms with Gasteiger partial charge in [0.1, 0.15) is 11.5 Å². The normalized spacial score (nSPS) is 23.8. The molecule has 132 valence electrons. The number of hydrogen-bond donors (Lipinski definition) is 1. The Morgan fingerprint density at radius 3 is 2.96 bits per heavy atom. The van der Waals surface area contributed by atoms with Gasteiger partial charge in [-0.25, -0.2) is 4.39 Å². The van der Waals surface area contributed by atoms with Crippen LogP contribution in [0, 0.1) is 5.82 Å². The Hall–Kier alpha value is -2.21. The van der Waals surface area contributed by atoms with Gasteiger partial charge in [-0.15, -0.1) is 0 Å². The summed E-state index contributed by atoms with van der Waals surface area (Å²) in [4.78, 5) is 14.8. The molecule has 2 aromatic rings. The van der Waals surface area contributed by atoms with E-state index in [9.17, 15) is 9.18 Å². The van der Waals surface area contributed by atoms with Crippen molar-refractivity contribution in [1.82, 2.24) is 20.0 Å². The van der Waals surface area contributed by atoms with Crippen molar-refractivity contribution in [2.24, 2.45) is 0 Å². The number of nitrogens with zero attached hydrogens (tertiary/aromatic N) is 3. The first-order valence-corrected chi connectivity index (χ1v) is 9.05. The number of likely N-dealkylation sites (tertiary alicyclic amines) is 1. The molecule has 0 aliphatic carbocycles. The third-order valence-electron chi connectivity index (χ3n) is 5.22. The van der Waals surface area contributed by atoms with Gasteiger partial charge in [0.05, 0.1) is 12.1 Å². The van der Waals surface area contributed by atoms with Crippen molar-refractivity contribution in [3.8, 4) is 0 Å². The summed E-state index contributed by atoms with van der Waals surface area (Å²) in [5.41, 5.74) is 1.34. The van der Waals surface area contributed by atoms with E-state index in [0.29, 0.717) is 18.3 Å². The molecule has 2 fully saturated rings. The molecule has 5 nitrogen and oxygen atoms in total. The van der Waals surface area contributed by atoms with Crippen LogP contribution in [0.3, 0.4) is 0 Å². The second-order valence-electron chi connectivity index (χ2n) is 6.89. The van der Waals surface area contributed by atoms with Gasteiger partial charge in [0.2, 0.25) is 0 Å². The number of amides is 1. The molecule has 1 amide bonds. The van der Waals surface area contributed by atoms with Crippen molar-refractivity contribution in [2.45, 2.75) is 37.8 Å². The number of carbonyl (C=O) groups is 1. The van der Waals surface area contributed by atoms with Gasteiger partial charge >= 0.3 is 0 Å². The van der Waals surface area contributed by atoms with E-state index in [4.69, 9.17) is 0 Å². The number of carbonyl (C=O) groups excluding carboxylic acids is 1. The van der Waals surface area contributed by atoms with Crippen molar-refractivity contribution in [3.05, 3.63) is 53.6 Å². The highest BCUT2D eigenvalue weighted by atomic mass is 19.1. The third kappa shape index (κ3) is 3.31. The molecule has 2 aliphatic heterocycles.